The number of ether oxygens (including phenoxy) is 1. The summed E-state index contributed by atoms with van der Waals surface area (Å²) in [5, 5.41) is 23.7. The Morgan fingerprint density at radius 1 is 1.14 bits per heavy atom. The van der Waals surface area contributed by atoms with Crippen molar-refractivity contribution in [2.75, 3.05) is 7.11 Å². The molecule has 2 rings (SSSR count). The molecule has 0 aliphatic heterocycles. The third kappa shape index (κ3) is 2.65. The molecule has 6 nitrogen and oxygen atoms in total. The van der Waals surface area contributed by atoms with Crippen molar-refractivity contribution in [3.8, 4) is 17.9 Å². The summed E-state index contributed by atoms with van der Waals surface area (Å²) < 4.78 is 5.10. The number of hydrogen-bond acceptors (Lipinski definition) is 4. The molecule has 6 heteroatoms. The van der Waals surface area contributed by atoms with E-state index in [4.69, 9.17) is 4.74 Å². The number of benzene rings is 1. The van der Waals surface area contributed by atoms with Crippen molar-refractivity contribution in [3.63, 3.8) is 0 Å². The molecular weight excluding hydrogens is 268 g/mol. The zero-order valence-electron chi connectivity index (χ0n) is 11.7. The van der Waals surface area contributed by atoms with E-state index < -0.39 is 11.8 Å². The highest BCUT2D eigenvalue weighted by Crippen LogP contribution is 2.32. The van der Waals surface area contributed by atoms with Crippen molar-refractivity contribution < 1.29 is 4.74 Å². The van der Waals surface area contributed by atoms with Crippen LogP contribution >= 0.6 is 0 Å². The Morgan fingerprint density at radius 3 is 2.19 bits per heavy atom. The van der Waals surface area contributed by atoms with E-state index in [0.717, 1.165) is 5.56 Å². The fourth-order valence-corrected chi connectivity index (χ4v) is 2.34. The van der Waals surface area contributed by atoms with Crippen LogP contribution in [0.3, 0.4) is 0 Å². The minimum absolute atomic E-state index is 0.316. The van der Waals surface area contributed by atoms with Gasteiger partial charge in [-0.05, 0) is 24.6 Å². The average Bonchev–Trinajstić information content (AvgIpc) is 2.84. The van der Waals surface area contributed by atoms with E-state index in [2.05, 4.69) is 10.2 Å². The van der Waals surface area contributed by atoms with Crippen molar-refractivity contribution >= 4 is 0 Å². The number of methoxy groups -OCH3 is 1. The first-order valence-corrected chi connectivity index (χ1v) is 6.32. The number of aryl methyl sites for hydroxylation is 1. The van der Waals surface area contributed by atoms with E-state index in [1.54, 1.807) is 38.3 Å². The molecule has 2 N–H and O–H groups in total. The lowest BCUT2D eigenvalue weighted by Crippen LogP contribution is -2.19. The van der Waals surface area contributed by atoms with E-state index in [1.165, 1.54) is 0 Å². The van der Waals surface area contributed by atoms with Crippen LogP contribution in [-0.4, -0.2) is 17.3 Å². The molecule has 21 heavy (non-hydrogen) atoms. The Balaban J connectivity index is 2.59. The fourth-order valence-electron chi connectivity index (χ4n) is 2.34. The SMILES string of the molecule is COc1ccc([C@H](c2c(C)[nH][nH]c2=O)C(C#N)C#N)cc1. The molecule has 2 aromatic rings. The fraction of sp³-hybridized carbons (Fsp3) is 0.267. The van der Waals surface area contributed by atoms with Gasteiger partial charge in [-0.3, -0.25) is 9.89 Å². The second-order valence-corrected chi connectivity index (χ2v) is 4.60. The molecule has 1 heterocycles. The highest BCUT2D eigenvalue weighted by atomic mass is 16.5. The van der Waals surface area contributed by atoms with Gasteiger partial charge in [0.2, 0.25) is 0 Å². The van der Waals surface area contributed by atoms with E-state index in [1.807, 2.05) is 12.1 Å². The van der Waals surface area contributed by atoms with Crippen LogP contribution in [0.1, 0.15) is 22.7 Å². The minimum Gasteiger partial charge on any atom is -0.497 e. The summed E-state index contributed by atoms with van der Waals surface area (Å²) in [7, 11) is 1.56. The highest BCUT2D eigenvalue weighted by Gasteiger charge is 2.29. The first kappa shape index (κ1) is 14.4. The van der Waals surface area contributed by atoms with Gasteiger partial charge in [-0.2, -0.15) is 10.5 Å². The number of rotatable bonds is 4. The first-order chi connectivity index (χ1) is 10.1. The molecule has 106 valence electrons. The molecule has 0 amide bonds. The van der Waals surface area contributed by atoms with E-state index in [0.29, 0.717) is 17.0 Å². The molecule has 0 spiro atoms. The van der Waals surface area contributed by atoms with Gasteiger partial charge in [-0.1, -0.05) is 12.1 Å². The number of aromatic nitrogens is 2. The Bertz CT molecular complexity index is 745. The van der Waals surface area contributed by atoms with Gasteiger partial charge in [0.05, 0.1) is 19.2 Å². The van der Waals surface area contributed by atoms with E-state index in [9.17, 15) is 15.3 Å². The summed E-state index contributed by atoms with van der Waals surface area (Å²) in [4.78, 5) is 12.0. The molecule has 1 aromatic carbocycles. The normalized spacial score (nSPS) is 11.7. The molecule has 0 bridgehead atoms. The average molecular weight is 282 g/mol. The zero-order chi connectivity index (χ0) is 15.4. The predicted octanol–water partition coefficient (Wildman–Crippen LogP) is 1.82. The zero-order valence-corrected chi connectivity index (χ0v) is 11.7. The number of nitrogens with zero attached hydrogens (tertiary/aromatic N) is 2. The topological polar surface area (TPSA) is 105 Å². The van der Waals surface area contributed by atoms with E-state index in [-0.39, 0.29) is 5.56 Å². The highest BCUT2D eigenvalue weighted by molar-refractivity contribution is 5.40. The monoisotopic (exact) mass is 282 g/mol. The number of hydrogen-bond donors (Lipinski definition) is 2. The first-order valence-electron chi connectivity index (χ1n) is 6.32. The Labute approximate surface area is 121 Å². The lowest BCUT2D eigenvalue weighted by molar-refractivity contribution is 0.414. The summed E-state index contributed by atoms with van der Waals surface area (Å²) in [6.45, 7) is 1.73. The van der Waals surface area contributed by atoms with Gasteiger partial charge in [0.25, 0.3) is 5.56 Å². The van der Waals surface area contributed by atoms with Gasteiger partial charge in [-0.15, -0.1) is 0 Å². The molecule has 0 fully saturated rings. The van der Waals surface area contributed by atoms with Gasteiger partial charge < -0.3 is 9.84 Å². The molecular formula is C15H14N4O2. The molecule has 1 atom stereocenters. The molecule has 0 saturated carbocycles. The van der Waals surface area contributed by atoms with Crippen molar-refractivity contribution in [2.45, 2.75) is 12.8 Å². The standard InChI is InChI=1S/C15H14N4O2/c1-9-13(15(20)19-18-9)14(11(7-16)8-17)10-3-5-12(21-2)6-4-10/h3-6,11,14H,1-2H3,(H2,18,19,20)/t14-/m0/s1. The second-order valence-electron chi connectivity index (χ2n) is 4.60. The maximum absolute atomic E-state index is 12.0. The number of nitrogens with one attached hydrogen (secondary N) is 2. The summed E-state index contributed by atoms with van der Waals surface area (Å²) in [6.07, 6.45) is 0. The van der Waals surface area contributed by atoms with Crippen LogP contribution in [0, 0.1) is 35.5 Å². The molecule has 0 saturated heterocycles. The van der Waals surface area contributed by atoms with Crippen LogP contribution in [0.5, 0.6) is 5.75 Å². The Hall–Kier alpha value is -2.99. The third-order valence-corrected chi connectivity index (χ3v) is 3.41. The van der Waals surface area contributed by atoms with Crippen molar-refractivity contribution in [2.24, 2.45) is 5.92 Å². The van der Waals surface area contributed by atoms with Crippen LogP contribution < -0.4 is 10.3 Å². The smallest absolute Gasteiger partial charge is 0.268 e. The molecule has 0 aliphatic rings. The van der Waals surface area contributed by atoms with Gasteiger partial charge in [0.15, 0.2) is 0 Å². The summed E-state index contributed by atoms with van der Waals surface area (Å²) in [5.74, 6) is -0.891. The summed E-state index contributed by atoms with van der Waals surface area (Å²) in [6, 6.07) is 10.9. The van der Waals surface area contributed by atoms with Crippen LogP contribution in [0.4, 0.5) is 0 Å². The van der Waals surface area contributed by atoms with Gasteiger partial charge in [0.1, 0.15) is 11.7 Å². The van der Waals surface area contributed by atoms with Gasteiger partial charge in [0, 0.05) is 17.2 Å². The largest absolute Gasteiger partial charge is 0.497 e. The lowest BCUT2D eigenvalue weighted by atomic mass is 9.82. The van der Waals surface area contributed by atoms with Gasteiger partial charge in [-0.25, -0.2) is 0 Å². The van der Waals surface area contributed by atoms with Crippen LogP contribution in [0.15, 0.2) is 29.1 Å². The predicted molar refractivity (Wildman–Crippen MR) is 75.7 cm³/mol. The van der Waals surface area contributed by atoms with Crippen LogP contribution in [0.25, 0.3) is 0 Å². The number of H-pyrrole nitrogens is 2. The molecule has 0 radical (unpaired) electrons. The van der Waals surface area contributed by atoms with E-state index >= 15 is 0 Å². The molecule has 1 aromatic heterocycles. The van der Waals surface area contributed by atoms with Crippen molar-refractivity contribution in [1.29, 1.82) is 10.5 Å². The quantitative estimate of drug-likeness (QED) is 0.892. The summed E-state index contributed by atoms with van der Waals surface area (Å²) >= 11 is 0. The second kappa shape index (κ2) is 5.98. The maximum Gasteiger partial charge on any atom is 0.268 e. The Morgan fingerprint density at radius 2 is 1.76 bits per heavy atom. The number of nitriles is 2. The maximum atomic E-state index is 12.0. The van der Waals surface area contributed by atoms with Crippen molar-refractivity contribution in [3.05, 3.63) is 51.4 Å². The molecule has 0 aliphatic carbocycles. The minimum atomic E-state index is -0.950. The van der Waals surface area contributed by atoms with Crippen LogP contribution in [0.2, 0.25) is 0 Å². The van der Waals surface area contributed by atoms with Crippen LogP contribution in [-0.2, 0) is 0 Å². The third-order valence-electron chi connectivity index (χ3n) is 3.41. The Kier molecular flexibility index (Phi) is 4.10. The number of aromatic amines is 2. The lowest BCUT2D eigenvalue weighted by Gasteiger charge is -2.17. The molecule has 0 unspecified atom stereocenters. The van der Waals surface area contributed by atoms with Crippen molar-refractivity contribution in [1.82, 2.24) is 10.2 Å². The summed E-state index contributed by atoms with van der Waals surface area (Å²) in [5.41, 5.74) is 1.44. The van der Waals surface area contributed by atoms with Gasteiger partial charge >= 0.3 is 0 Å².